The molecule has 0 saturated carbocycles. The summed E-state index contributed by atoms with van der Waals surface area (Å²) < 4.78 is 0. The van der Waals surface area contributed by atoms with Crippen LogP contribution in [0, 0.1) is 11.3 Å². The fourth-order valence-corrected chi connectivity index (χ4v) is 0.589. The van der Waals surface area contributed by atoms with Crippen LogP contribution in [0.2, 0.25) is 0 Å². The molecule has 94 valence electrons. The maximum Gasteiger partial charge on any atom is 0.330 e. The lowest BCUT2D eigenvalue weighted by Gasteiger charge is -1.85. The van der Waals surface area contributed by atoms with E-state index in [0.29, 0.717) is 0 Å². The number of aliphatic carboxylic acids is 1. The second-order valence-electron chi connectivity index (χ2n) is 3.03. The number of carboxylic acid groups (broad SMARTS) is 1. The van der Waals surface area contributed by atoms with Crippen LogP contribution in [0.3, 0.4) is 0 Å². The highest BCUT2D eigenvalue weighted by atomic mass is 16.4. The van der Waals surface area contributed by atoms with Crippen molar-refractivity contribution in [2.45, 2.75) is 6.92 Å². The molecule has 18 heavy (non-hydrogen) atoms. The molecule has 1 rings (SSSR count). The summed E-state index contributed by atoms with van der Waals surface area (Å²) in [6.07, 6.45) is 3.01. The van der Waals surface area contributed by atoms with Crippen LogP contribution in [0.1, 0.15) is 12.5 Å². The number of nitrogens with zero attached hydrogens (tertiary/aromatic N) is 1. The zero-order valence-electron chi connectivity index (χ0n) is 10.5. The minimum Gasteiger partial charge on any atom is -0.478 e. The normalized spacial score (nSPS) is 7.11. The van der Waals surface area contributed by atoms with Gasteiger partial charge in [-0.1, -0.05) is 56.1 Å². The van der Waals surface area contributed by atoms with Crippen LogP contribution in [-0.2, 0) is 4.79 Å². The molecule has 3 nitrogen and oxygen atoms in total. The van der Waals surface area contributed by atoms with Crippen molar-refractivity contribution in [3.05, 3.63) is 67.3 Å². The van der Waals surface area contributed by atoms with Gasteiger partial charge in [-0.05, 0) is 12.5 Å². The lowest BCUT2D eigenvalue weighted by molar-refractivity contribution is -0.132. The van der Waals surface area contributed by atoms with Gasteiger partial charge in [0, 0.05) is 11.6 Å². The van der Waals surface area contributed by atoms with Gasteiger partial charge in [0.25, 0.3) is 0 Å². The highest BCUT2D eigenvalue weighted by Gasteiger charge is 1.90. The second kappa shape index (κ2) is 12.5. The van der Waals surface area contributed by atoms with Crippen LogP contribution >= 0.6 is 0 Å². The van der Waals surface area contributed by atoms with Crippen molar-refractivity contribution in [2.75, 3.05) is 0 Å². The standard InChI is InChI=1S/C8H8.C4H6O2.C3H3N/c1-2-8-6-4-3-5-7-8;1-3(2)4(5)6;1-2-3-4/h2-7H,1H2;1H2,2H3,(H,5,6);2H,1H2. The zero-order valence-corrected chi connectivity index (χ0v) is 10.5. The highest BCUT2D eigenvalue weighted by Crippen LogP contribution is 1.97. The first-order valence-electron chi connectivity index (χ1n) is 5.06. The van der Waals surface area contributed by atoms with Gasteiger partial charge in [0.1, 0.15) is 0 Å². The molecule has 0 bridgehead atoms. The number of hydrogen-bond donors (Lipinski definition) is 1. The van der Waals surface area contributed by atoms with Crippen LogP contribution in [0.5, 0.6) is 0 Å². The third-order valence-corrected chi connectivity index (χ3v) is 1.49. The Hall–Kier alpha value is -2.60. The van der Waals surface area contributed by atoms with Crippen molar-refractivity contribution in [2.24, 2.45) is 0 Å². The molecule has 0 atom stereocenters. The molecule has 0 aliphatic rings. The number of allylic oxidation sites excluding steroid dienone is 1. The summed E-state index contributed by atoms with van der Waals surface area (Å²) in [4.78, 5) is 9.60. The Morgan fingerprint density at radius 2 is 1.72 bits per heavy atom. The maximum atomic E-state index is 9.60. The number of carbonyl (C=O) groups is 1. The molecule has 0 saturated heterocycles. The van der Waals surface area contributed by atoms with Crippen LogP contribution in [0.15, 0.2) is 61.7 Å². The lowest BCUT2D eigenvalue weighted by atomic mass is 10.2. The summed E-state index contributed by atoms with van der Waals surface area (Å²) in [6, 6.07) is 11.7. The molecular formula is C15H17NO2. The van der Waals surface area contributed by atoms with Crippen LogP contribution in [-0.4, -0.2) is 11.1 Å². The summed E-state index contributed by atoms with van der Waals surface area (Å²) in [7, 11) is 0. The van der Waals surface area contributed by atoms with Crippen molar-refractivity contribution in [3.8, 4) is 6.07 Å². The quantitative estimate of drug-likeness (QED) is 0.636. The van der Waals surface area contributed by atoms with Crippen molar-refractivity contribution < 1.29 is 9.90 Å². The largest absolute Gasteiger partial charge is 0.478 e. The van der Waals surface area contributed by atoms with Gasteiger partial charge in [0.15, 0.2) is 0 Å². The SMILES string of the molecule is C=C(C)C(=O)O.C=CC#N.C=Cc1ccccc1. The first kappa shape index (κ1) is 17.8. The summed E-state index contributed by atoms with van der Waals surface area (Å²) in [5.74, 6) is -0.935. The van der Waals surface area contributed by atoms with Gasteiger partial charge in [0.05, 0.1) is 6.07 Å². The molecule has 0 amide bonds. The van der Waals surface area contributed by atoms with E-state index < -0.39 is 5.97 Å². The van der Waals surface area contributed by atoms with E-state index in [-0.39, 0.29) is 5.57 Å². The molecule has 0 aromatic heterocycles. The van der Waals surface area contributed by atoms with E-state index in [1.54, 1.807) is 6.07 Å². The smallest absolute Gasteiger partial charge is 0.330 e. The Morgan fingerprint density at radius 3 is 1.89 bits per heavy atom. The molecule has 0 aliphatic heterocycles. The van der Waals surface area contributed by atoms with Gasteiger partial charge in [-0.2, -0.15) is 5.26 Å². The van der Waals surface area contributed by atoms with Gasteiger partial charge in [-0.25, -0.2) is 4.79 Å². The predicted molar refractivity (Wildman–Crippen MR) is 74.8 cm³/mol. The summed E-state index contributed by atoms with van der Waals surface area (Å²) in [6.45, 7) is 11.4. The van der Waals surface area contributed by atoms with E-state index in [9.17, 15) is 4.79 Å². The number of nitriles is 1. The van der Waals surface area contributed by atoms with Crippen molar-refractivity contribution in [1.29, 1.82) is 5.26 Å². The van der Waals surface area contributed by atoms with E-state index in [4.69, 9.17) is 10.4 Å². The van der Waals surface area contributed by atoms with Gasteiger partial charge in [-0.15, -0.1) is 0 Å². The first-order valence-corrected chi connectivity index (χ1v) is 5.06. The first-order chi connectivity index (χ1) is 8.49. The number of benzene rings is 1. The number of rotatable bonds is 2. The molecule has 0 unspecified atom stereocenters. The van der Waals surface area contributed by atoms with Crippen LogP contribution in [0.4, 0.5) is 0 Å². The fraction of sp³-hybridized carbons (Fsp3) is 0.0667. The molecule has 0 fully saturated rings. The Morgan fingerprint density at radius 1 is 1.33 bits per heavy atom. The molecule has 1 aromatic rings. The van der Waals surface area contributed by atoms with E-state index in [1.807, 2.05) is 36.4 Å². The van der Waals surface area contributed by atoms with Crippen molar-refractivity contribution >= 4 is 12.0 Å². The number of carboxylic acids is 1. The van der Waals surface area contributed by atoms with Crippen molar-refractivity contribution in [1.82, 2.24) is 0 Å². The molecule has 3 heteroatoms. The lowest BCUT2D eigenvalue weighted by Crippen LogP contribution is -1.92. The maximum absolute atomic E-state index is 9.60. The van der Waals surface area contributed by atoms with E-state index in [1.165, 1.54) is 18.6 Å². The highest BCUT2D eigenvalue weighted by molar-refractivity contribution is 5.84. The zero-order chi connectivity index (χ0) is 14.4. The van der Waals surface area contributed by atoms with Crippen molar-refractivity contribution in [3.63, 3.8) is 0 Å². The molecule has 0 heterocycles. The molecule has 1 N–H and O–H groups in total. The average Bonchev–Trinajstić information content (AvgIpc) is 2.40. The molecule has 1 aromatic carbocycles. The minimum absolute atomic E-state index is 0.176. The fourth-order valence-electron chi connectivity index (χ4n) is 0.589. The average molecular weight is 243 g/mol. The summed E-state index contributed by atoms with van der Waals surface area (Å²) >= 11 is 0. The Kier molecular flexibility index (Phi) is 12.3. The Balaban J connectivity index is 0. The van der Waals surface area contributed by atoms with Crippen LogP contribution < -0.4 is 0 Å². The van der Waals surface area contributed by atoms with Crippen LogP contribution in [0.25, 0.3) is 6.08 Å². The summed E-state index contributed by atoms with van der Waals surface area (Å²) in [5, 5.41) is 15.4. The monoisotopic (exact) mass is 243 g/mol. The number of hydrogen-bond acceptors (Lipinski definition) is 2. The van der Waals surface area contributed by atoms with E-state index >= 15 is 0 Å². The Labute approximate surface area is 108 Å². The predicted octanol–water partition coefficient (Wildman–Crippen LogP) is 3.67. The topological polar surface area (TPSA) is 61.1 Å². The minimum atomic E-state index is -0.935. The van der Waals surface area contributed by atoms with Gasteiger partial charge < -0.3 is 5.11 Å². The van der Waals surface area contributed by atoms with E-state index in [0.717, 1.165) is 0 Å². The van der Waals surface area contributed by atoms with Gasteiger partial charge >= 0.3 is 5.97 Å². The van der Waals surface area contributed by atoms with Gasteiger partial charge in [-0.3, -0.25) is 0 Å². The third-order valence-electron chi connectivity index (χ3n) is 1.49. The van der Waals surface area contributed by atoms with E-state index in [2.05, 4.69) is 19.7 Å². The molecule has 0 radical (unpaired) electrons. The molecule has 0 spiro atoms. The second-order valence-corrected chi connectivity index (χ2v) is 3.03. The molecule has 0 aliphatic carbocycles. The molecular weight excluding hydrogens is 226 g/mol. The van der Waals surface area contributed by atoms with Gasteiger partial charge in [0.2, 0.25) is 0 Å². The third kappa shape index (κ3) is 13.4. The Bertz CT molecular complexity index is 416. The summed E-state index contributed by atoms with van der Waals surface area (Å²) in [5.41, 5.74) is 1.35.